The molecule has 1 aliphatic heterocycles. The molecule has 0 radical (unpaired) electrons. The van der Waals surface area contributed by atoms with Crippen molar-refractivity contribution >= 4 is 17.2 Å². The zero-order chi connectivity index (χ0) is 21.8. The Bertz CT molecular complexity index is 1130. The van der Waals surface area contributed by atoms with Crippen LogP contribution < -0.4 is 11.1 Å². The van der Waals surface area contributed by atoms with Crippen LogP contribution in [-0.2, 0) is 17.8 Å². The highest BCUT2D eigenvalue weighted by atomic mass is 16.1. The molecule has 1 amide bonds. The summed E-state index contributed by atoms with van der Waals surface area (Å²) in [6, 6.07) is 5.87. The Morgan fingerprint density at radius 2 is 2.26 bits per heavy atom. The lowest BCUT2D eigenvalue weighted by atomic mass is 9.93. The fourth-order valence-corrected chi connectivity index (χ4v) is 3.73. The summed E-state index contributed by atoms with van der Waals surface area (Å²) in [5, 5.41) is 7.57. The number of nitrogens with zero attached hydrogens (tertiary/aromatic N) is 4. The molecule has 4 rings (SSSR count). The summed E-state index contributed by atoms with van der Waals surface area (Å²) in [6.07, 6.45) is 11.4. The predicted octanol–water partition coefficient (Wildman–Crippen LogP) is 2.82. The van der Waals surface area contributed by atoms with Crippen LogP contribution in [0.4, 0.5) is 0 Å². The molecule has 158 valence electrons. The van der Waals surface area contributed by atoms with Gasteiger partial charge in [0.25, 0.3) is 0 Å². The number of fused-ring (bicyclic) bond motifs is 1. The molecular weight excluding hydrogens is 388 g/mol. The molecule has 2 aromatic heterocycles. The van der Waals surface area contributed by atoms with Crippen molar-refractivity contribution in [3.63, 3.8) is 0 Å². The molecule has 0 saturated heterocycles. The number of aliphatic imine (C=N–C) groups is 1. The summed E-state index contributed by atoms with van der Waals surface area (Å²) in [5.74, 6) is -0.174. The first-order valence-electron chi connectivity index (χ1n) is 10.4. The van der Waals surface area contributed by atoms with E-state index >= 15 is 0 Å². The number of allylic oxidation sites excluding steroid dienone is 5. The normalized spacial score (nSPS) is 17.1. The Balaban J connectivity index is 1.62. The first-order chi connectivity index (χ1) is 15.1. The molecule has 2 aliphatic rings. The molecule has 0 bridgehead atoms. The van der Waals surface area contributed by atoms with E-state index in [1.807, 2.05) is 36.4 Å². The van der Waals surface area contributed by atoms with E-state index in [1.54, 1.807) is 19.3 Å². The van der Waals surface area contributed by atoms with Crippen molar-refractivity contribution in [2.75, 3.05) is 13.1 Å². The molecule has 0 fully saturated rings. The third-order valence-corrected chi connectivity index (χ3v) is 5.30. The first-order valence-corrected chi connectivity index (χ1v) is 10.4. The van der Waals surface area contributed by atoms with Crippen molar-refractivity contribution in [3.8, 4) is 11.4 Å². The van der Waals surface area contributed by atoms with Crippen LogP contribution in [0, 0.1) is 0 Å². The minimum Gasteiger partial charge on any atom is -0.351 e. The predicted molar refractivity (Wildman–Crippen MR) is 123 cm³/mol. The van der Waals surface area contributed by atoms with Crippen molar-refractivity contribution in [2.24, 2.45) is 10.7 Å². The van der Waals surface area contributed by atoms with Crippen LogP contribution in [0.3, 0.4) is 0 Å². The molecule has 0 spiro atoms. The second-order valence-corrected chi connectivity index (χ2v) is 7.54. The van der Waals surface area contributed by atoms with Crippen LogP contribution in [-0.4, -0.2) is 39.5 Å². The summed E-state index contributed by atoms with van der Waals surface area (Å²) in [6.45, 7) is 7.67. The second kappa shape index (κ2) is 9.06. The van der Waals surface area contributed by atoms with Crippen LogP contribution in [0.15, 0.2) is 71.5 Å². The summed E-state index contributed by atoms with van der Waals surface area (Å²) in [5.41, 5.74) is 12.6. The van der Waals surface area contributed by atoms with Crippen LogP contribution >= 0.6 is 0 Å². The van der Waals surface area contributed by atoms with Gasteiger partial charge in [0.2, 0.25) is 5.91 Å². The summed E-state index contributed by atoms with van der Waals surface area (Å²) in [7, 11) is 0. The Labute approximate surface area is 181 Å². The number of amides is 1. The van der Waals surface area contributed by atoms with Crippen molar-refractivity contribution in [1.82, 2.24) is 20.1 Å². The van der Waals surface area contributed by atoms with E-state index in [4.69, 9.17) is 10.8 Å². The van der Waals surface area contributed by atoms with E-state index in [2.05, 4.69) is 26.6 Å². The van der Waals surface area contributed by atoms with Crippen LogP contribution in [0.2, 0.25) is 0 Å². The third kappa shape index (κ3) is 4.32. The van der Waals surface area contributed by atoms with Crippen molar-refractivity contribution in [1.29, 1.82) is 0 Å². The molecule has 2 aromatic rings. The van der Waals surface area contributed by atoms with Gasteiger partial charge in [-0.15, -0.1) is 0 Å². The van der Waals surface area contributed by atoms with Gasteiger partial charge in [0.15, 0.2) is 0 Å². The SMILES string of the molecule is C=C1C=C(c2c(-c3ccccn3)nn3c2CCC3)C=CC1=N/C=C(\C)C(=O)NCCN. The molecule has 3 heterocycles. The Hall–Kier alpha value is -3.58. The number of aromatic nitrogens is 3. The smallest absolute Gasteiger partial charge is 0.248 e. The Kier molecular flexibility index (Phi) is 6.04. The topological polar surface area (TPSA) is 98.2 Å². The number of carbonyl (C=O) groups is 1. The average Bonchev–Trinajstić information content (AvgIpc) is 3.38. The molecule has 7 nitrogen and oxygen atoms in total. The van der Waals surface area contributed by atoms with E-state index in [9.17, 15) is 4.79 Å². The molecule has 0 saturated carbocycles. The highest BCUT2D eigenvalue weighted by molar-refractivity contribution is 6.15. The molecule has 0 unspecified atom stereocenters. The number of nitrogens with one attached hydrogen (secondary N) is 1. The van der Waals surface area contributed by atoms with Gasteiger partial charge in [0, 0.05) is 48.9 Å². The number of carbonyl (C=O) groups excluding carboxylic acids is 1. The zero-order valence-corrected chi connectivity index (χ0v) is 17.6. The maximum Gasteiger partial charge on any atom is 0.248 e. The molecule has 0 atom stereocenters. The van der Waals surface area contributed by atoms with Gasteiger partial charge >= 0.3 is 0 Å². The van der Waals surface area contributed by atoms with E-state index < -0.39 is 0 Å². The fraction of sp³-hybridized carbons (Fsp3) is 0.250. The van der Waals surface area contributed by atoms with E-state index in [-0.39, 0.29) is 5.91 Å². The summed E-state index contributed by atoms with van der Waals surface area (Å²) in [4.78, 5) is 20.9. The van der Waals surface area contributed by atoms with Gasteiger partial charge in [-0.05, 0) is 55.2 Å². The maximum absolute atomic E-state index is 12.0. The van der Waals surface area contributed by atoms with Gasteiger partial charge in [-0.25, -0.2) is 0 Å². The van der Waals surface area contributed by atoms with Crippen molar-refractivity contribution in [3.05, 3.63) is 77.8 Å². The highest BCUT2D eigenvalue weighted by Gasteiger charge is 2.25. The number of hydrogen-bond donors (Lipinski definition) is 2. The largest absolute Gasteiger partial charge is 0.351 e. The Morgan fingerprint density at radius 3 is 3.00 bits per heavy atom. The number of aryl methyl sites for hydroxylation is 1. The van der Waals surface area contributed by atoms with Crippen LogP contribution in [0.25, 0.3) is 17.0 Å². The standard InChI is InChI=1S/C24H26N6O/c1-16-14-18(8-9-19(16)28-15-17(2)24(31)27-12-10-25)22-21-7-5-13-30(21)29-23(22)20-6-3-4-11-26-20/h3-4,6,8-9,11,14-15H,1,5,7,10,12-13,25H2,2H3,(H,27,31)/b17-15+,28-19?. The quantitative estimate of drug-likeness (QED) is 0.710. The molecule has 7 heteroatoms. The van der Waals surface area contributed by atoms with E-state index in [1.165, 1.54) is 5.69 Å². The minimum absolute atomic E-state index is 0.174. The van der Waals surface area contributed by atoms with E-state index in [0.29, 0.717) is 18.7 Å². The number of rotatable bonds is 6. The number of pyridine rings is 1. The molecule has 3 N–H and O–H groups in total. The zero-order valence-electron chi connectivity index (χ0n) is 17.6. The van der Waals surface area contributed by atoms with E-state index in [0.717, 1.165) is 53.2 Å². The van der Waals surface area contributed by atoms with Crippen LogP contribution in [0.5, 0.6) is 0 Å². The van der Waals surface area contributed by atoms with Crippen molar-refractivity contribution in [2.45, 2.75) is 26.3 Å². The lowest BCUT2D eigenvalue weighted by molar-refractivity contribution is -0.117. The average molecular weight is 415 g/mol. The van der Waals surface area contributed by atoms with Crippen LogP contribution in [0.1, 0.15) is 24.6 Å². The lowest BCUT2D eigenvalue weighted by Gasteiger charge is -2.12. The molecule has 31 heavy (non-hydrogen) atoms. The number of hydrogen-bond acceptors (Lipinski definition) is 5. The first kappa shape index (κ1) is 20.7. The highest BCUT2D eigenvalue weighted by Crippen LogP contribution is 2.36. The molecular formula is C24H26N6O. The molecule has 1 aliphatic carbocycles. The summed E-state index contributed by atoms with van der Waals surface area (Å²) >= 11 is 0. The lowest BCUT2D eigenvalue weighted by Crippen LogP contribution is -2.29. The maximum atomic E-state index is 12.0. The number of nitrogens with two attached hydrogens (primary N) is 1. The second-order valence-electron chi connectivity index (χ2n) is 7.54. The minimum atomic E-state index is -0.174. The molecule has 0 aromatic carbocycles. The summed E-state index contributed by atoms with van der Waals surface area (Å²) < 4.78 is 2.09. The third-order valence-electron chi connectivity index (χ3n) is 5.30. The van der Waals surface area contributed by atoms with Gasteiger partial charge in [0.05, 0.1) is 11.4 Å². The monoisotopic (exact) mass is 414 g/mol. The van der Waals surface area contributed by atoms with Gasteiger partial charge in [-0.3, -0.25) is 19.5 Å². The fourth-order valence-electron chi connectivity index (χ4n) is 3.73. The van der Waals surface area contributed by atoms with Crippen molar-refractivity contribution < 1.29 is 4.79 Å². The van der Waals surface area contributed by atoms with Gasteiger partial charge in [-0.2, -0.15) is 5.10 Å². The van der Waals surface area contributed by atoms with Gasteiger partial charge in [0.1, 0.15) is 5.69 Å². The van der Waals surface area contributed by atoms with Gasteiger partial charge < -0.3 is 11.1 Å². The van der Waals surface area contributed by atoms with Gasteiger partial charge in [-0.1, -0.05) is 18.7 Å². The Morgan fingerprint density at radius 1 is 1.39 bits per heavy atom.